The number of nitrogens with zero attached hydrogens (tertiary/aromatic N) is 1. The molecule has 0 radical (unpaired) electrons. The molecule has 0 aliphatic carbocycles. The molecule has 0 aromatic heterocycles. The van der Waals surface area contributed by atoms with Crippen molar-refractivity contribution in [2.24, 2.45) is 5.73 Å². The van der Waals surface area contributed by atoms with Gasteiger partial charge in [0.1, 0.15) is 5.69 Å². The van der Waals surface area contributed by atoms with Crippen molar-refractivity contribution in [1.82, 2.24) is 0 Å². The number of amides is 1. The van der Waals surface area contributed by atoms with Crippen LogP contribution in [0, 0.1) is 10.1 Å². The molecule has 0 bridgehead atoms. The van der Waals surface area contributed by atoms with Gasteiger partial charge in [0.05, 0.1) is 11.0 Å². The van der Waals surface area contributed by atoms with Crippen LogP contribution < -0.4 is 11.1 Å². The van der Waals surface area contributed by atoms with Crippen LogP contribution in [0.25, 0.3) is 0 Å². The Morgan fingerprint density at radius 3 is 2.84 bits per heavy atom. The number of rotatable bonds is 6. The van der Waals surface area contributed by atoms with Gasteiger partial charge in [0, 0.05) is 11.1 Å². The zero-order valence-corrected chi connectivity index (χ0v) is 11.3. The van der Waals surface area contributed by atoms with E-state index in [4.69, 9.17) is 17.3 Å². The number of nitro benzene ring substituents is 1. The number of carbonyl (C=O) groups excluding carboxylic acids is 1. The second-order valence-corrected chi connectivity index (χ2v) is 4.59. The second kappa shape index (κ2) is 7.06. The third-order valence-electron chi connectivity index (χ3n) is 2.62. The van der Waals surface area contributed by atoms with E-state index in [0.717, 1.165) is 12.8 Å². The maximum atomic E-state index is 11.8. The number of nitro groups is 1. The first kappa shape index (κ1) is 15.4. The lowest BCUT2D eigenvalue weighted by molar-refractivity contribution is -0.383. The number of hydrogen-bond donors (Lipinski definition) is 2. The quantitative estimate of drug-likeness (QED) is 0.620. The van der Waals surface area contributed by atoms with Crippen LogP contribution in [-0.2, 0) is 4.79 Å². The van der Waals surface area contributed by atoms with Crippen LogP contribution in [0.4, 0.5) is 11.4 Å². The average molecular weight is 286 g/mol. The molecule has 0 aliphatic heterocycles. The Kier molecular flexibility index (Phi) is 5.72. The molecular weight excluding hydrogens is 270 g/mol. The molecule has 1 atom stereocenters. The summed E-state index contributed by atoms with van der Waals surface area (Å²) in [5.41, 5.74) is 5.56. The molecule has 104 valence electrons. The Labute approximate surface area is 116 Å². The monoisotopic (exact) mass is 285 g/mol. The molecule has 7 heteroatoms. The molecule has 19 heavy (non-hydrogen) atoms. The SMILES string of the molecule is CCCCC(N)C(=O)Nc1ccc(Cl)cc1[N+](=O)[O-]. The number of unbranched alkanes of at least 4 members (excludes halogenated alkanes) is 1. The number of hydrogen-bond acceptors (Lipinski definition) is 4. The van der Waals surface area contributed by atoms with Crippen LogP contribution in [0.2, 0.25) is 5.02 Å². The number of nitrogens with two attached hydrogens (primary N) is 1. The average Bonchev–Trinajstić information content (AvgIpc) is 2.37. The van der Waals surface area contributed by atoms with E-state index in [1.54, 1.807) is 0 Å². The van der Waals surface area contributed by atoms with Crippen molar-refractivity contribution < 1.29 is 9.72 Å². The van der Waals surface area contributed by atoms with E-state index in [1.807, 2.05) is 6.92 Å². The number of carbonyl (C=O) groups is 1. The fourth-order valence-electron chi connectivity index (χ4n) is 1.54. The third kappa shape index (κ3) is 4.50. The highest BCUT2D eigenvalue weighted by molar-refractivity contribution is 6.31. The molecule has 1 rings (SSSR count). The number of anilines is 1. The Balaban J connectivity index is 2.81. The van der Waals surface area contributed by atoms with Gasteiger partial charge in [-0.3, -0.25) is 14.9 Å². The van der Waals surface area contributed by atoms with E-state index in [9.17, 15) is 14.9 Å². The summed E-state index contributed by atoms with van der Waals surface area (Å²) in [5.74, 6) is -0.432. The molecule has 0 saturated heterocycles. The fraction of sp³-hybridized carbons (Fsp3) is 0.417. The highest BCUT2D eigenvalue weighted by Gasteiger charge is 2.19. The van der Waals surface area contributed by atoms with Crippen LogP contribution in [0.3, 0.4) is 0 Å². The summed E-state index contributed by atoms with van der Waals surface area (Å²) in [6, 6.07) is 3.39. The van der Waals surface area contributed by atoms with Crippen LogP contribution >= 0.6 is 11.6 Å². The lowest BCUT2D eigenvalue weighted by Gasteiger charge is -2.11. The van der Waals surface area contributed by atoms with Gasteiger partial charge in [-0.15, -0.1) is 0 Å². The maximum Gasteiger partial charge on any atom is 0.294 e. The smallest absolute Gasteiger partial charge is 0.294 e. The van der Waals surface area contributed by atoms with Crippen LogP contribution in [0.1, 0.15) is 26.2 Å². The summed E-state index contributed by atoms with van der Waals surface area (Å²) < 4.78 is 0. The first-order valence-electron chi connectivity index (χ1n) is 5.96. The Morgan fingerprint density at radius 2 is 2.26 bits per heavy atom. The van der Waals surface area contributed by atoms with Gasteiger partial charge in [-0.25, -0.2) is 0 Å². The molecule has 1 aromatic carbocycles. The molecule has 0 aliphatic rings. The van der Waals surface area contributed by atoms with Gasteiger partial charge >= 0.3 is 0 Å². The minimum absolute atomic E-state index is 0.103. The van der Waals surface area contributed by atoms with Gasteiger partial charge in [0.2, 0.25) is 5.91 Å². The van der Waals surface area contributed by atoms with Gasteiger partial charge in [-0.05, 0) is 18.6 Å². The first-order valence-corrected chi connectivity index (χ1v) is 6.34. The third-order valence-corrected chi connectivity index (χ3v) is 2.85. The van der Waals surface area contributed by atoms with Gasteiger partial charge in [-0.1, -0.05) is 31.4 Å². The number of halogens is 1. The highest BCUT2D eigenvalue weighted by Crippen LogP contribution is 2.27. The largest absolute Gasteiger partial charge is 0.320 e. The summed E-state index contributed by atoms with van der Waals surface area (Å²) in [6.45, 7) is 1.99. The molecule has 3 N–H and O–H groups in total. The van der Waals surface area contributed by atoms with Crippen molar-refractivity contribution in [3.63, 3.8) is 0 Å². The van der Waals surface area contributed by atoms with Gasteiger partial charge in [0.25, 0.3) is 5.69 Å². The lowest BCUT2D eigenvalue weighted by Crippen LogP contribution is -2.35. The molecule has 0 fully saturated rings. The minimum atomic E-state index is -0.671. The van der Waals surface area contributed by atoms with Crippen molar-refractivity contribution in [2.45, 2.75) is 32.2 Å². The second-order valence-electron chi connectivity index (χ2n) is 4.16. The molecule has 1 amide bonds. The molecule has 0 heterocycles. The van der Waals surface area contributed by atoms with Gasteiger partial charge in [0.15, 0.2) is 0 Å². The van der Waals surface area contributed by atoms with Crippen LogP contribution in [0.15, 0.2) is 18.2 Å². The minimum Gasteiger partial charge on any atom is -0.320 e. The van der Waals surface area contributed by atoms with E-state index in [0.29, 0.717) is 6.42 Å². The van der Waals surface area contributed by atoms with E-state index < -0.39 is 16.9 Å². The summed E-state index contributed by atoms with van der Waals surface area (Å²) in [5, 5.41) is 13.6. The molecule has 1 unspecified atom stereocenters. The predicted molar refractivity (Wildman–Crippen MR) is 74.2 cm³/mol. The van der Waals surface area contributed by atoms with Crippen molar-refractivity contribution >= 4 is 28.9 Å². The Bertz CT molecular complexity index is 479. The standard InChI is InChI=1S/C12H16ClN3O3/c1-2-3-4-9(14)12(17)15-10-6-5-8(13)7-11(10)16(18)19/h5-7,9H,2-4,14H2,1H3,(H,15,17). The summed E-state index contributed by atoms with van der Waals surface area (Å²) in [6.07, 6.45) is 2.31. The molecule has 6 nitrogen and oxygen atoms in total. The fourth-order valence-corrected chi connectivity index (χ4v) is 1.71. The Morgan fingerprint density at radius 1 is 1.58 bits per heavy atom. The zero-order chi connectivity index (χ0) is 14.4. The highest BCUT2D eigenvalue weighted by atomic mass is 35.5. The number of nitrogens with one attached hydrogen (secondary N) is 1. The van der Waals surface area contributed by atoms with Crippen LogP contribution in [-0.4, -0.2) is 16.9 Å². The van der Waals surface area contributed by atoms with Crippen molar-refractivity contribution in [2.75, 3.05) is 5.32 Å². The maximum absolute atomic E-state index is 11.8. The lowest BCUT2D eigenvalue weighted by atomic mass is 10.1. The molecule has 1 aromatic rings. The predicted octanol–water partition coefficient (Wildman–Crippen LogP) is 2.70. The summed E-state index contributed by atoms with van der Waals surface area (Å²) in [7, 11) is 0. The first-order chi connectivity index (χ1) is 8.95. The normalized spacial score (nSPS) is 11.9. The molecular formula is C12H16ClN3O3. The van der Waals surface area contributed by atoms with E-state index >= 15 is 0 Å². The summed E-state index contributed by atoms with van der Waals surface area (Å²) in [4.78, 5) is 22.0. The van der Waals surface area contributed by atoms with Crippen molar-refractivity contribution in [1.29, 1.82) is 0 Å². The van der Waals surface area contributed by atoms with Gasteiger partial charge in [-0.2, -0.15) is 0 Å². The topological polar surface area (TPSA) is 98.3 Å². The number of benzene rings is 1. The van der Waals surface area contributed by atoms with E-state index in [2.05, 4.69) is 5.32 Å². The van der Waals surface area contributed by atoms with E-state index in [1.165, 1.54) is 18.2 Å². The van der Waals surface area contributed by atoms with Gasteiger partial charge < -0.3 is 11.1 Å². The Hall–Kier alpha value is -1.66. The van der Waals surface area contributed by atoms with Crippen LogP contribution in [0.5, 0.6) is 0 Å². The molecule has 0 spiro atoms. The summed E-state index contributed by atoms with van der Waals surface area (Å²) >= 11 is 5.69. The zero-order valence-electron chi connectivity index (χ0n) is 10.6. The van der Waals surface area contributed by atoms with Crippen molar-refractivity contribution in [3.8, 4) is 0 Å². The van der Waals surface area contributed by atoms with Crippen molar-refractivity contribution in [3.05, 3.63) is 33.3 Å². The molecule has 0 saturated carbocycles. The van der Waals surface area contributed by atoms with E-state index in [-0.39, 0.29) is 16.4 Å².